The van der Waals surface area contributed by atoms with Crippen molar-refractivity contribution in [3.05, 3.63) is 89.3 Å². The highest BCUT2D eigenvalue weighted by Crippen LogP contribution is 2.26. The first kappa shape index (κ1) is 17.0. The van der Waals surface area contributed by atoms with Crippen LogP contribution in [0.5, 0.6) is 0 Å². The number of aromatic nitrogens is 1. The standard InChI is InChI=1S/C23H21N3O/c1-16-9-7-13-22(17(16)2)25-14-8-12-20(25)15-21-18(3)24-26(23(21)27)19-10-5-4-6-11-19/h4-15H,1-3H3/b21-15-. The highest BCUT2D eigenvalue weighted by molar-refractivity contribution is 6.32. The summed E-state index contributed by atoms with van der Waals surface area (Å²) in [6, 6.07) is 19.8. The molecule has 27 heavy (non-hydrogen) atoms. The average Bonchev–Trinajstić information content (AvgIpc) is 3.24. The van der Waals surface area contributed by atoms with Gasteiger partial charge in [0.05, 0.1) is 17.0 Å². The Morgan fingerprint density at radius 1 is 0.889 bits per heavy atom. The van der Waals surface area contributed by atoms with Crippen LogP contribution in [0.25, 0.3) is 11.8 Å². The van der Waals surface area contributed by atoms with Crippen LogP contribution in [0.1, 0.15) is 23.7 Å². The number of benzene rings is 2. The fraction of sp³-hybridized carbons (Fsp3) is 0.130. The summed E-state index contributed by atoms with van der Waals surface area (Å²) in [5.41, 5.74) is 6.65. The molecule has 4 heteroatoms. The van der Waals surface area contributed by atoms with E-state index in [0.717, 1.165) is 22.8 Å². The molecule has 0 N–H and O–H groups in total. The van der Waals surface area contributed by atoms with Gasteiger partial charge in [0.15, 0.2) is 0 Å². The van der Waals surface area contributed by atoms with Crippen LogP contribution >= 0.6 is 0 Å². The Labute approximate surface area is 159 Å². The lowest BCUT2D eigenvalue weighted by molar-refractivity contribution is -0.114. The van der Waals surface area contributed by atoms with Crippen LogP contribution in [-0.2, 0) is 4.79 Å². The molecule has 0 fully saturated rings. The second-order valence-electron chi connectivity index (χ2n) is 6.72. The number of carbonyl (C=O) groups excluding carboxylic acids is 1. The van der Waals surface area contributed by atoms with Gasteiger partial charge in [0, 0.05) is 17.6 Å². The van der Waals surface area contributed by atoms with Gasteiger partial charge >= 0.3 is 0 Å². The van der Waals surface area contributed by atoms with Crippen molar-refractivity contribution < 1.29 is 4.79 Å². The van der Waals surface area contributed by atoms with Crippen molar-refractivity contribution in [1.29, 1.82) is 0 Å². The van der Waals surface area contributed by atoms with E-state index in [0.29, 0.717) is 5.57 Å². The number of rotatable bonds is 3. The fourth-order valence-corrected chi connectivity index (χ4v) is 3.30. The molecule has 0 atom stereocenters. The number of nitrogens with zero attached hydrogens (tertiary/aromatic N) is 3. The van der Waals surface area contributed by atoms with Crippen LogP contribution in [0.15, 0.2) is 77.5 Å². The Morgan fingerprint density at radius 2 is 1.67 bits per heavy atom. The van der Waals surface area contributed by atoms with E-state index in [9.17, 15) is 4.79 Å². The molecule has 3 aromatic rings. The fourth-order valence-electron chi connectivity index (χ4n) is 3.30. The topological polar surface area (TPSA) is 37.6 Å². The SMILES string of the molecule is CC1=NN(c2ccccc2)C(=O)/C1=C\c1cccn1-c1cccc(C)c1C. The van der Waals surface area contributed by atoms with Crippen molar-refractivity contribution in [2.45, 2.75) is 20.8 Å². The average molecular weight is 355 g/mol. The quantitative estimate of drug-likeness (QED) is 0.616. The molecule has 0 aliphatic carbocycles. The molecule has 134 valence electrons. The summed E-state index contributed by atoms with van der Waals surface area (Å²) < 4.78 is 2.11. The normalized spacial score (nSPS) is 15.5. The van der Waals surface area contributed by atoms with Crippen LogP contribution < -0.4 is 5.01 Å². The van der Waals surface area contributed by atoms with Crippen LogP contribution in [0, 0.1) is 13.8 Å². The number of amides is 1. The van der Waals surface area contributed by atoms with E-state index in [-0.39, 0.29) is 5.91 Å². The minimum absolute atomic E-state index is 0.104. The van der Waals surface area contributed by atoms with Gasteiger partial charge < -0.3 is 4.57 Å². The van der Waals surface area contributed by atoms with Gasteiger partial charge in [-0.1, -0.05) is 30.3 Å². The molecular weight excluding hydrogens is 334 g/mol. The molecule has 2 aromatic carbocycles. The van der Waals surface area contributed by atoms with Crippen molar-refractivity contribution in [1.82, 2.24) is 4.57 Å². The number of hydrogen-bond donors (Lipinski definition) is 0. The summed E-state index contributed by atoms with van der Waals surface area (Å²) in [5, 5.41) is 5.92. The molecule has 1 aliphatic heterocycles. The number of para-hydroxylation sites is 1. The third-order valence-corrected chi connectivity index (χ3v) is 4.97. The minimum Gasteiger partial charge on any atom is -0.317 e. The van der Waals surface area contributed by atoms with Crippen LogP contribution in [0.3, 0.4) is 0 Å². The Kier molecular flexibility index (Phi) is 4.24. The van der Waals surface area contributed by atoms with Gasteiger partial charge in [-0.05, 0) is 68.3 Å². The van der Waals surface area contributed by atoms with E-state index in [1.165, 1.54) is 16.1 Å². The molecule has 2 heterocycles. The first-order chi connectivity index (χ1) is 13.1. The predicted molar refractivity (Wildman–Crippen MR) is 110 cm³/mol. The number of hydrogen-bond acceptors (Lipinski definition) is 2. The van der Waals surface area contributed by atoms with Crippen LogP contribution in [0.4, 0.5) is 5.69 Å². The van der Waals surface area contributed by atoms with E-state index >= 15 is 0 Å². The highest BCUT2D eigenvalue weighted by atomic mass is 16.2. The summed E-state index contributed by atoms with van der Waals surface area (Å²) in [6.07, 6.45) is 3.95. The van der Waals surface area contributed by atoms with E-state index in [2.05, 4.69) is 41.7 Å². The Balaban J connectivity index is 1.74. The summed E-state index contributed by atoms with van der Waals surface area (Å²) in [7, 11) is 0. The number of hydrazone groups is 1. The largest absolute Gasteiger partial charge is 0.317 e. The Morgan fingerprint density at radius 3 is 2.44 bits per heavy atom. The van der Waals surface area contributed by atoms with Crippen LogP contribution in [0.2, 0.25) is 0 Å². The first-order valence-corrected chi connectivity index (χ1v) is 8.97. The smallest absolute Gasteiger partial charge is 0.280 e. The monoisotopic (exact) mass is 355 g/mol. The van der Waals surface area contributed by atoms with Gasteiger partial charge in [0.2, 0.25) is 0 Å². The Bertz CT molecular complexity index is 1070. The lowest BCUT2D eigenvalue weighted by Gasteiger charge is -2.13. The zero-order chi connectivity index (χ0) is 19.0. The molecule has 4 nitrogen and oxygen atoms in total. The van der Waals surface area contributed by atoms with Crippen molar-refractivity contribution in [3.63, 3.8) is 0 Å². The predicted octanol–water partition coefficient (Wildman–Crippen LogP) is 4.90. The van der Waals surface area contributed by atoms with Gasteiger partial charge in [0.25, 0.3) is 5.91 Å². The summed E-state index contributed by atoms with van der Waals surface area (Å²) in [5.74, 6) is -0.104. The summed E-state index contributed by atoms with van der Waals surface area (Å²) in [4.78, 5) is 12.9. The summed E-state index contributed by atoms with van der Waals surface area (Å²) >= 11 is 0. The van der Waals surface area contributed by atoms with Gasteiger partial charge in [-0.25, -0.2) is 0 Å². The number of anilines is 1. The van der Waals surface area contributed by atoms with Gasteiger partial charge in [-0.3, -0.25) is 4.79 Å². The van der Waals surface area contributed by atoms with E-state index in [4.69, 9.17) is 0 Å². The lowest BCUT2D eigenvalue weighted by Crippen LogP contribution is -2.21. The van der Waals surface area contributed by atoms with Gasteiger partial charge in [0.1, 0.15) is 0 Å². The second kappa shape index (κ2) is 6.72. The zero-order valence-electron chi connectivity index (χ0n) is 15.7. The third-order valence-electron chi connectivity index (χ3n) is 4.97. The van der Waals surface area contributed by atoms with E-state index < -0.39 is 0 Å². The van der Waals surface area contributed by atoms with Crippen molar-refractivity contribution in [2.24, 2.45) is 5.10 Å². The molecule has 0 saturated carbocycles. The second-order valence-corrected chi connectivity index (χ2v) is 6.72. The van der Waals surface area contributed by atoms with Crippen molar-refractivity contribution in [3.8, 4) is 5.69 Å². The van der Waals surface area contributed by atoms with Crippen molar-refractivity contribution in [2.75, 3.05) is 5.01 Å². The number of carbonyl (C=O) groups is 1. The molecule has 1 aliphatic rings. The third kappa shape index (κ3) is 2.99. The molecule has 1 aromatic heterocycles. The molecule has 0 spiro atoms. The maximum absolute atomic E-state index is 12.9. The Hall–Kier alpha value is -3.40. The molecule has 0 radical (unpaired) electrons. The molecule has 1 amide bonds. The highest BCUT2D eigenvalue weighted by Gasteiger charge is 2.28. The lowest BCUT2D eigenvalue weighted by atomic mass is 10.1. The maximum atomic E-state index is 12.9. The zero-order valence-corrected chi connectivity index (χ0v) is 15.7. The molecule has 4 rings (SSSR count). The van der Waals surface area contributed by atoms with E-state index in [1.54, 1.807) is 0 Å². The van der Waals surface area contributed by atoms with Gasteiger partial charge in [-0.2, -0.15) is 10.1 Å². The minimum atomic E-state index is -0.104. The summed E-state index contributed by atoms with van der Waals surface area (Å²) in [6.45, 7) is 6.10. The number of aryl methyl sites for hydroxylation is 1. The van der Waals surface area contributed by atoms with Crippen LogP contribution in [-0.4, -0.2) is 16.2 Å². The molecular formula is C23H21N3O. The molecule has 0 saturated heterocycles. The molecule has 0 unspecified atom stereocenters. The van der Waals surface area contributed by atoms with Gasteiger partial charge in [-0.15, -0.1) is 0 Å². The van der Waals surface area contributed by atoms with Crippen molar-refractivity contribution >= 4 is 23.4 Å². The first-order valence-electron chi connectivity index (χ1n) is 8.97. The van der Waals surface area contributed by atoms with E-state index in [1.807, 2.05) is 61.7 Å². The molecule has 0 bridgehead atoms. The maximum Gasteiger partial charge on any atom is 0.280 e.